The molecule has 3 amide bonds. The van der Waals surface area contributed by atoms with Crippen molar-refractivity contribution in [3.63, 3.8) is 0 Å². The minimum absolute atomic E-state index is 0.0388. The number of amides is 3. The molecule has 0 bridgehead atoms. The van der Waals surface area contributed by atoms with Gasteiger partial charge < -0.3 is 10.1 Å². The van der Waals surface area contributed by atoms with Crippen LogP contribution in [0.2, 0.25) is 0 Å². The predicted molar refractivity (Wildman–Crippen MR) is 103 cm³/mol. The molecule has 1 rings (SSSR count). The van der Waals surface area contributed by atoms with Gasteiger partial charge in [-0.05, 0) is 59.7 Å². The smallest absolute Gasteiger partial charge is 0.338 e. The van der Waals surface area contributed by atoms with Crippen LogP contribution in [0.1, 0.15) is 51.9 Å². The van der Waals surface area contributed by atoms with Gasteiger partial charge >= 0.3 is 12.0 Å². The first-order valence-electron chi connectivity index (χ1n) is 8.67. The average molecular weight is 413 g/mol. The van der Waals surface area contributed by atoms with Crippen LogP contribution in [0.25, 0.3) is 0 Å². The van der Waals surface area contributed by atoms with Crippen molar-refractivity contribution in [1.82, 2.24) is 15.4 Å². The second-order valence-electron chi connectivity index (χ2n) is 7.55. The number of imide groups is 1. The molecule has 156 valence electrons. The number of nitrogens with one attached hydrogen (secondary N) is 3. The number of carbonyl (C=O) groups excluding carboxylic acids is 3. The van der Waals surface area contributed by atoms with Crippen LogP contribution >= 0.6 is 0 Å². The molecule has 1 atom stereocenters. The third-order valence-electron chi connectivity index (χ3n) is 3.13. The zero-order valence-corrected chi connectivity index (χ0v) is 17.6. The van der Waals surface area contributed by atoms with Crippen molar-refractivity contribution < 1.29 is 27.5 Å². The van der Waals surface area contributed by atoms with E-state index in [0.717, 1.165) is 6.07 Å². The lowest BCUT2D eigenvalue weighted by molar-refractivity contribution is -0.127. The van der Waals surface area contributed by atoms with Gasteiger partial charge in [0.25, 0.3) is 5.91 Å². The molecule has 3 N–H and O–H groups in total. The van der Waals surface area contributed by atoms with Crippen molar-refractivity contribution >= 4 is 27.9 Å². The van der Waals surface area contributed by atoms with Gasteiger partial charge in [-0.1, -0.05) is 6.07 Å². The van der Waals surface area contributed by atoms with Gasteiger partial charge in [-0.15, -0.1) is 0 Å². The summed E-state index contributed by atoms with van der Waals surface area (Å²) in [7, 11) is -3.84. The molecule has 0 saturated heterocycles. The topological polar surface area (TPSA) is 131 Å². The highest BCUT2D eigenvalue weighted by atomic mass is 32.2. The highest BCUT2D eigenvalue weighted by Crippen LogP contribution is 2.15. The van der Waals surface area contributed by atoms with Gasteiger partial charge in [-0.3, -0.25) is 10.1 Å². The molecule has 1 aromatic rings. The Hall–Kier alpha value is -2.46. The van der Waals surface area contributed by atoms with E-state index >= 15 is 0 Å². The summed E-state index contributed by atoms with van der Waals surface area (Å²) in [5.41, 5.74) is -0.735. The average Bonchev–Trinajstić information content (AvgIpc) is 2.51. The number of benzene rings is 1. The summed E-state index contributed by atoms with van der Waals surface area (Å²) in [4.78, 5) is 35.6. The molecule has 0 heterocycles. The zero-order chi connectivity index (χ0) is 21.7. The Bertz CT molecular complexity index is 843. The summed E-state index contributed by atoms with van der Waals surface area (Å²) in [5, 5.41) is 4.53. The van der Waals surface area contributed by atoms with Crippen LogP contribution in [0, 0.1) is 0 Å². The van der Waals surface area contributed by atoms with Crippen LogP contribution in [0.4, 0.5) is 4.79 Å². The Morgan fingerprint density at radius 3 is 2.21 bits per heavy atom. The number of rotatable bonds is 6. The van der Waals surface area contributed by atoms with Gasteiger partial charge in [0, 0.05) is 11.6 Å². The third kappa shape index (κ3) is 7.65. The van der Waals surface area contributed by atoms with Crippen molar-refractivity contribution in [2.24, 2.45) is 0 Å². The van der Waals surface area contributed by atoms with Crippen molar-refractivity contribution in [3.8, 4) is 0 Å². The molecule has 0 fully saturated rings. The number of sulfonamides is 1. The maximum absolute atomic E-state index is 12.4. The minimum atomic E-state index is -3.84. The maximum atomic E-state index is 12.4. The monoisotopic (exact) mass is 413 g/mol. The lowest BCUT2D eigenvalue weighted by Gasteiger charge is -2.20. The summed E-state index contributed by atoms with van der Waals surface area (Å²) in [6.45, 7) is 9.83. The Balaban J connectivity index is 2.85. The lowest BCUT2D eigenvalue weighted by Crippen LogP contribution is -2.46. The number of ether oxygens (including phenoxy) is 1. The van der Waals surface area contributed by atoms with E-state index in [1.807, 2.05) is 0 Å². The summed E-state index contributed by atoms with van der Waals surface area (Å²) in [5.74, 6) is -1.69. The molecule has 0 unspecified atom stereocenters. The quantitative estimate of drug-likeness (QED) is 0.607. The Morgan fingerprint density at radius 2 is 1.68 bits per heavy atom. The van der Waals surface area contributed by atoms with Crippen LogP contribution < -0.4 is 15.4 Å². The molecule has 10 heteroatoms. The molecule has 9 nitrogen and oxygen atoms in total. The molecular weight excluding hydrogens is 386 g/mol. The van der Waals surface area contributed by atoms with Crippen molar-refractivity contribution in [3.05, 3.63) is 29.8 Å². The summed E-state index contributed by atoms with van der Waals surface area (Å²) >= 11 is 0. The van der Waals surface area contributed by atoms with Gasteiger partial charge in [0.2, 0.25) is 10.0 Å². The number of urea groups is 1. The van der Waals surface area contributed by atoms with Gasteiger partial charge in [0.15, 0.2) is 6.10 Å². The molecule has 0 aromatic heterocycles. The fourth-order valence-corrected chi connectivity index (χ4v) is 3.51. The van der Waals surface area contributed by atoms with Gasteiger partial charge in [-0.25, -0.2) is 22.7 Å². The van der Waals surface area contributed by atoms with E-state index in [9.17, 15) is 22.8 Å². The largest absolute Gasteiger partial charge is 0.449 e. The fraction of sp³-hybridized carbons (Fsp3) is 0.500. The molecule has 0 aliphatic heterocycles. The normalized spacial score (nSPS) is 13.0. The van der Waals surface area contributed by atoms with Crippen molar-refractivity contribution in [2.75, 3.05) is 0 Å². The summed E-state index contributed by atoms with van der Waals surface area (Å²) in [6.07, 6.45) is -1.25. The molecule has 1 aromatic carbocycles. The lowest BCUT2D eigenvalue weighted by atomic mass is 10.1. The van der Waals surface area contributed by atoms with E-state index in [1.54, 1.807) is 34.6 Å². The predicted octanol–water partition coefficient (Wildman–Crippen LogP) is 1.54. The molecule has 0 aliphatic carbocycles. The van der Waals surface area contributed by atoms with Gasteiger partial charge in [0.1, 0.15) is 0 Å². The van der Waals surface area contributed by atoms with Crippen LogP contribution in [0.15, 0.2) is 29.2 Å². The first kappa shape index (κ1) is 23.6. The van der Waals surface area contributed by atoms with E-state index < -0.39 is 39.6 Å². The number of hydrogen-bond donors (Lipinski definition) is 3. The Labute approximate surface area is 165 Å². The molecule has 0 aliphatic rings. The van der Waals surface area contributed by atoms with Crippen molar-refractivity contribution in [2.45, 2.75) is 64.1 Å². The van der Waals surface area contributed by atoms with E-state index in [0.29, 0.717) is 0 Å². The van der Waals surface area contributed by atoms with Crippen LogP contribution in [-0.4, -0.2) is 44.0 Å². The second-order valence-corrected chi connectivity index (χ2v) is 9.23. The Morgan fingerprint density at radius 1 is 1.07 bits per heavy atom. The van der Waals surface area contributed by atoms with Crippen LogP contribution in [-0.2, 0) is 19.6 Å². The molecule has 0 saturated carbocycles. The van der Waals surface area contributed by atoms with Crippen LogP contribution in [0.5, 0.6) is 0 Å². The van der Waals surface area contributed by atoms with Crippen molar-refractivity contribution in [1.29, 1.82) is 0 Å². The highest BCUT2D eigenvalue weighted by molar-refractivity contribution is 7.89. The standard InChI is InChI=1S/C18H27N3O6S/c1-11(2)19-17(24)20-15(22)12(3)27-16(23)13-8-7-9-14(10-13)28(25,26)21-18(4,5)6/h7-12,21H,1-6H3,(H2,19,20,22,24)/t12-/m1/s1. The third-order valence-corrected chi connectivity index (χ3v) is 4.89. The van der Waals surface area contributed by atoms with E-state index in [1.165, 1.54) is 25.1 Å². The minimum Gasteiger partial charge on any atom is -0.449 e. The van der Waals surface area contributed by atoms with Gasteiger partial charge in [-0.2, -0.15) is 0 Å². The van der Waals surface area contributed by atoms with Gasteiger partial charge in [0.05, 0.1) is 10.5 Å². The summed E-state index contributed by atoms with van der Waals surface area (Å²) < 4.78 is 32.3. The van der Waals surface area contributed by atoms with E-state index in [-0.39, 0.29) is 16.5 Å². The number of esters is 1. The fourth-order valence-electron chi connectivity index (χ4n) is 2.05. The number of carbonyl (C=O) groups is 3. The SMILES string of the molecule is CC(C)NC(=O)NC(=O)[C@@H](C)OC(=O)c1cccc(S(=O)(=O)NC(C)(C)C)c1. The Kier molecular flexibility index (Phi) is 7.71. The summed E-state index contributed by atoms with van der Waals surface area (Å²) in [6, 6.07) is 4.40. The van der Waals surface area contributed by atoms with E-state index in [4.69, 9.17) is 4.74 Å². The van der Waals surface area contributed by atoms with Crippen LogP contribution in [0.3, 0.4) is 0 Å². The van der Waals surface area contributed by atoms with E-state index in [2.05, 4.69) is 15.4 Å². The first-order valence-corrected chi connectivity index (χ1v) is 10.2. The zero-order valence-electron chi connectivity index (χ0n) is 16.8. The molecule has 28 heavy (non-hydrogen) atoms. The maximum Gasteiger partial charge on any atom is 0.338 e. The second kappa shape index (κ2) is 9.16. The highest BCUT2D eigenvalue weighted by Gasteiger charge is 2.25. The molecule has 0 radical (unpaired) electrons. The molecular formula is C18H27N3O6S. The molecule has 0 spiro atoms. The number of hydrogen-bond acceptors (Lipinski definition) is 6. The first-order chi connectivity index (χ1) is 12.7.